The summed E-state index contributed by atoms with van der Waals surface area (Å²) in [5, 5.41) is 2.21. The summed E-state index contributed by atoms with van der Waals surface area (Å²) in [6, 6.07) is 14.0. The normalized spacial score (nSPS) is 15.0. The minimum atomic E-state index is -0.524. The molecule has 0 spiro atoms. The number of amides is 3. The Morgan fingerprint density at radius 3 is 2.29 bits per heavy atom. The first-order valence-electron chi connectivity index (χ1n) is 9.66. The highest BCUT2D eigenvalue weighted by Crippen LogP contribution is 2.32. The van der Waals surface area contributed by atoms with Crippen LogP contribution in [-0.2, 0) is 14.4 Å². The number of nitrogens with zero attached hydrogens (tertiary/aromatic N) is 1. The number of imide groups is 1. The van der Waals surface area contributed by atoms with Gasteiger partial charge in [-0.25, -0.2) is 0 Å². The van der Waals surface area contributed by atoms with Crippen molar-refractivity contribution in [1.82, 2.24) is 4.90 Å². The third kappa shape index (κ3) is 5.82. The van der Waals surface area contributed by atoms with Crippen LogP contribution in [0.5, 0.6) is 5.75 Å². The number of thioether (sulfide) groups is 1. The number of hydrogen-bond donors (Lipinski definition) is 1. The highest BCUT2D eigenvalue weighted by atomic mass is 32.2. The second-order valence-corrected chi connectivity index (χ2v) is 8.25. The fourth-order valence-corrected chi connectivity index (χ4v) is 3.72. The Bertz CT molecular complexity index is 1040. The Kier molecular flexibility index (Phi) is 6.91. The van der Waals surface area contributed by atoms with Crippen molar-refractivity contribution in [1.29, 1.82) is 0 Å². The fraction of sp³-hybridized carbons (Fsp3) is 0.217. The van der Waals surface area contributed by atoms with Gasteiger partial charge in [-0.15, -0.1) is 0 Å². The molecule has 0 unspecified atom stereocenters. The topological polar surface area (TPSA) is 92.8 Å². The van der Waals surface area contributed by atoms with Crippen LogP contribution >= 0.6 is 11.8 Å². The fourth-order valence-electron chi connectivity index (χ4n) is 2.88. The Hall–Kier alpha value is -3.39. The van der Waals surface area contributed by atoms with E-state index in [0.29, 0.717) is 22.9 Å². The zero-order valence-electron chi connectivity index (χ0n) is 17.4. The Balaban J connectivity index is 1.63. The van der Waals surface area contributed by atoms with Gasteiger partial charge < -0.3 is 10.1 Å². The highest BCUT2D eigenvalue weighted by molar-refractivity contribution is 8.18. The number of esters is 1. The lowest BCUT2D eigenvalue weighted by Gasteiger charge is -2.13. The third-order valence-corrected chi connectivity index (χ3v) is 5.38. The maximum atomic E-state index is 12.6. The van der Waals surface area contributed by atoms with Crippen molar-refractivity contribution < 1.29 is 23.9 Å². The van der Waals surface area contributed by atoms with Crippen LogP contribution in [0.2, 0.25) is 0 Å². The Labute approximate surface area is 184 Å². The molecule has 3 amide bonds. The van der Waals surface area contributed by atoms with Gasteiger partial charge in [0, 0.05) is 12.6 Å². The second-order valence-electron chi connectivity index (χ2n) is 7.26. The molecular formula is C23H22N2O5S. The van der Waals surface area contributed by atoms with E-state index in [4.69, 9.17) is 4.74 Å². The predicted octanol–water partition coefficient (Wildman–Crippen LogP) is 4.41. The van der Waals surface area contributed by atoms with Gasteiger partial charge in [0.1, 0.15) is 12.3 Å². The van der Waals surface area contributed by atoms with E-state index in [1.807, 2.05) is 12.1 Å². The van der Waals surface area contributed by atoms with Crippen LogP contribution in [0.1, 0.15) is 37.8 Å². The number of carbonyl (C=O) groups excluding carboxylic acids is 4. The van der Waals surface area contributed by atoms with Gasteiger partial charge in [-0.2, -0.15) is 0 Å². The first-order chi connectivity index (χ1) is 14.7. The van der Waals surface area contributed by atoms with Gasteiger partial charge in [-0.1, -0.05) is 38.1 Å². The molecule has 1 saturated heterocycles. The van der Waals surface area contributed by atoms with Gasteiger partial charge in [0.25, 0.3) is 11.1 Å². The van der Waals surface area contributed by atoms with Crippen molar-refractivity contribution in [2.75, 3.05) is 11.9 Å². The molecule has 1 N–H and O–H groups in total. The molecule has 0 radical (unpaired) electrons. The minimum absolute atomic E-state index is 0.222. The molecule has 3 rings (SSSR count). The molecule has 0 saturated carbocycles. The van der Waals surface area contributed by atoms with Crippen LogP contribution in [-0.4, -0.2) is 34.5 Å². The average molecular weight is 439 g/mol. The summed E-state index contributed by atoms with van der Waals surface area (Å²) in [4.78, 5) is 49.3. The van der Waals surface area contributed by atoms with Crippen molar-refractivity contribution in [3.63, 3.8) is 0 Å². The molecule has 0 aliphatic carbocycles. The molecule has 0 aromatic heterocycles. The van der Waals surface area contributed by atoms with Gasteiger partial charge in [-0.3, -0.25) is 24.1 Å². The predicted molar refractivity (Wildman–Crippen MR) is 120 cm³/mol. The summed E-state index contributed by atoms with van der Waals surface area (Å²) >= 11 is 0.778. The molecule has 2 aromatic carbocycles. The van der Waals surface area contributed by atoms with E-state index in [9.17, 15) is 19.2 Å². The van der Waals surface area contributed by atoms with Crippen molar-refractivity contribution in [3.05, 3.63) is 64.6 Å². The molecule has 7 nitrogen and oxygen atoms in total. The van der Waals surface area contributed by atoms with Crippen LogP contribution in [0.25, 0.3) is 6.08 Å². The van der Waals surface area contributed by atoms with Crippen molar-refractivity contribution in [2.45, 2.75) is 26.7 Å². The van der Waals surface area contributed by atoms with Crippen LogP contribution in [0.3, 0.4) is 0 Å². The van der Waals surface area contributed by atoms with Crippen LogP contribution < -0.4 is 10.1 Å². The summed E-state index contributed by atoms with van der Waals surface area (Å²) < 4.78 is 4.97. The Morgan fingerprint density at radius 2 is 1.71 bits per heavy atom. The molecule has 0 atom stereocenters. The van der Waals surface area contributed by atoms with E-state index in [1.165, 1.54) is 6.92 Å². The SMILES string of the molecule is CC(=O)Oc1ccc(/C=C2/SC(=O)N(CC(=O)Nc3ccc(C(C)C)cc3)C2=O)cc1. The third-order valence-electron chi connectivity index (χ3n) is 4.48. The number of nitrogens with one attached hydrogen (secondary N) is 1. The summed E-state index contributed by atoms with van der Waals surface area (Å²) in [6.07, 6.45) is 1.56. The number of ether oxygens (including phenoxy) is 1. The molecule has 1 aliphatic heterocycles. The molecule has 8 heteroatoms. The monoisotopic (exact) mass is 438 g/mol. The van der Waals surface area contributed by atoms with E-state index in [0.717, 1.165) is 22.2 Å². The molecule has 0 bridgehead atoms. The highest BCUT2D eigenvalue weighted by Gasteiger charge is 2.36. The largest absolute Gasteiger partial charge is 0.427 e. The molecule has 1 heterocycles. The number of benzene rings is 2. The van der Waals surface area contributed by atoms with E-state index in [2.05, 4.69) is 19.2 Å². The lowest BCUT2D eigenvalue weighted by atomic mass is 10.0. The summed E-state index contributed by atoms with van der Waals surface area (Å²) in [6.45, 7) is 5.10. The van der Waals surface area contributed by atoms with Gasteiger partial charge in [0.15, 0.2) is 0 Å². The summed E-state index contributed by atoms with van der Waals surface area (Å²) in [5.74, 6) is -0.639. The Morgan fingerprint density at radius 1 is 1.06 bits per heavy atom. The quantitative estimate of drug-likeness (QED) is 0.408. The summed E-state index contributed by atoms with van der Waals surface area (Å²) in [7, 11) is 0. The molecule has 31 heavy (non-hydrogen) atoms. The first-order valence-corrected chi connectivity index (χ1v) is 10.5. The zero-order chi connectivity index (χ0) is 22.5. The average Bonchev–Trinajstić information content (AvgIpc) is 2.97. The lowest BCUT2D eigenvalue weighted by molar-refractivity contribution is -0.131. The maximum absolute atomic E-state index is 12.6. The van der Waals surface area contributed by atoms with E-state index >= 15 is 0 Å². The smallest absolute Gasteiger partial charge is 0.308 e. The maximum Gasteiger partial charge on any atom is 0.308 e. The number of carbonyl (C=O) groups is 4. The molecular weight excluding hydrogens is 416 g/mol. The van der Waals surface area contributed by atoms with Crippen molar-refractivity contribution in [2.24, 2.45) is 0 Å². The zero-order valence-corrected chi connectivity index (χ0v) is 18.2. The van der Waals surface area contributed by atoms with E-state index < -0.39 is 23.0 Å². The summed E-state index contributed by atoms with van der Waals surface area (Å²) in [5.41, 5.74) is 2.41. The minimum Gasteiger partial charge on any atom is -0.427 e. The van der Waals surface area contributed by atoms with Gasteiger partial charge in [0.05, 0.1) is 4.91 Å². The first kappa shape index (κ1) is 22.3. The van der Waals surface area contributed by atoms with E-state index in [1.54, 1.807) is 42.5 Å². The molecule has 1 fully saturated rings. The van der Waals surface area contributed by atoms with Gasteiger partial charge >= 0.3 is 5.97 Å². The van der Waals surface area contributed by atoms with Crippen LogP contribution in [0, 0.1) is 0 Å². The lowest BCUT2D eigenvalue weighted by Crippen LogP contribution is -2.36. The second kappa shape index (κ2) is 9.61. The van der Waals surface area contributed by atoms with Gasteiger partial charge in [0.2, 0.25) is 5.91 Å². The molecule has 160 valence electrons. The van der Waals surface area contributed by atoms with E-state index in [-0.39, 0.29) is 11.4 Å². The molecule has 2 aromatic rings. The number of hydrogen-bond acceptors (Lipinski definition) is 6. The number of rotatable bonds is 6. The standard InChI is InChI=1S/C23H22N2O5S/c1-14(2)17-6-8-18(9-7-17)24-21(27)13-25-22(28)20(31-23(25)29)12-16-4-10-19(11-5-16)30-15(3)26/h4-12,14H,13H2,1-3H3,(H,24,27)/b20-12+. The van der Waals surface area contributed by atoms with Crippen LogP contribution in [0.15, 0.2) is 53.4 Å². The van der Waals surface area contributed by atoms with Crippen molar-refractivity contribution in [3.8, 4) is 5.75 Å². The number of anilines is 1. The van der Waals surface area contributed by atoms with Gasteiger partial charge in [-0.05, 0) is 59.1 Å². The van der Waals surface area contributed by atoms with Crippen molar-refractivity contribution >= 4 is 46.5 Å². The molecule has 1 aliphatic rings. The van der Waals surface area contributed by atoms with Crippen LogP contribution in [0.4, 0.5) is 10.5 Å².